The van der Waals surface area contributed by atoms with Crippen molar-refractivity contribution in [3.05, 3.63) is 29.8 Å². The van der Waals surface area contributed by atoms with Gasteiger partial charge >= 0.3 is 0 Å². The summed E-state index contributed by atoms with van der Waals surface area (Å²) >= 11 is 1.98. The maximum atomic E-state index is 10.0. The molecule has 1 saturated heterocycles. The van der Waals surface area contributed by atoms with Gasteiger partial charge in [-0.25, -0.2) is 0 Å². The molecule has 0 radical (unpaired) electrons. The van der Waals surface area contributed by atoms with Gasteiger partial charge in [0.1, 0.15) is 18.5 Å². The minimum Gasteiger partial charge on any atom is -0.491 e. The van der Waals surface area contributed by atoms with E-state index in [2.05, 4.69) is 11.0 Å². The quantitative estimate of drug-likeness (QED) is 0.896. The molecule has 1 aliphatic rings. The third kappa shape index (κ3) is 5.04. The van der Waals surface area contributed by atoms with Crippen molar-refractivity contribution in [3.63, 3.8) is 0 Å². The zero-order valence-corrected chi connectivity index (χ0v) is 12.3. The molecule has 1 atom stereocenters. The van der Waals surface area contributed by atoms with Crippen LogP contribution in [0.3, 0.4) is 0 Å². The number of hydrogen-bond acceptors (Lipinski definition) is 5. The van der Waals surface area contributed by atoms with Gasteiger partial charge in [-0.05, 0) is 36.9 Å². The van der Waals surface area contributed by atoms with Crippen molar-refractivity contribution in [1.82, 2.24) is 4.90 Å². The van der Waals surface area contributed by atoms with Crippen molar-refractivity contribution < 1.29 is 9.84 Å². The number of thioether (sulfide) groups is 1. The number of rotatable bonds is 5. The first-order valence-electron chi connectivity index (χ1n) is 6.89. The molecule has 2 rings (SSSR count). The van der Waals surface area contributed by atoms with Crippen molar-refractivity contribution >= 4 is 11.8 Å². The van der Waals surface area contributed by atoms with Crippen LogP contribution < -0.4 is 4.74 Å². The number of hydrogen-bond donors (Lipinski definition) is 1. The highest BCUT2D eigenvalue weighted by molar-refractivity contribution is 7.99. The summed E-state index contributed by atoms with van der Waals surface area (Å²) in [6, 6.07) is 9.08. The Labute approximate surface area is 124 Å². The molecule has 1 aromatic carbocycles. The van der Waals surface area contributed by atoms with E-state index in [1.165, 1.54) is 12.2 Å². The summed E-state index contributed by atoms with van der Waals surface area (Å²) in [6.07, 6.45) is 0.687. The van der Waals surface area contributed by atoms with Crippen LogP contribution in [-0.2, 0) is 0 Å². The number of aliphatic hydroxyl groups is 1. The molecule has 1 fully saturated rings. The molecule has 0 aromatic heterocycles. The molecule has 1 heterocycles. The molecule has 108 valence electrons. The average Bonchev–Trinajstić information content (AvgIpc) is 2.74. The Hall–Kier alpha value is -1.22. The highest BCUT2D eigenvalue weighted by Gasteiger charge is 2.14. The van der Waals surface area contributed by atoms with E-state index < -0.39 is 6.10 Å². The van der Waals surface area contributed by atoms with Crippen LogP contribution in [-0.4, -0.2) is 53.9 Å². The molecular formula is C15H20N2O2S. The van der Waals surface area contributed by atoms with E-state index in [1.54, 1.807) is 24.3 Å². The summed E-state index contributed by atoms with van der Waals surface area (Å²) < 4.78 is 5.55. The summed E-state index contributed by atoms with van der Waals surface area (Å²) in [5.41, 5.74) is 0.571. The third-order valence-electron chi connectivity index (χ3n) is 3.19. The van der Waals surface area contributed by atoms with Crippen molar-refractivity contribution in [3.8, 4) is 11.8 Å². The van der Waals surface area contributed by atoms with Crippen LogP contribution in [0.15, 0.2) is 24.3 Å². The smallest absolute Gasteiger partial charge is 0.120 e. The second-order valence-corrected chi connectivity index (χ2v) is 6.10. The fraction of sp³-hybridized carbons (Fsp3) is 0.533. The fourth-order valence-electron chi connectivity index (χ4n) is 2.18. The van der Waals surface area contributed by atoms with Crippen LogP contribution in [0.1, 0.15) is 12.0 Å². The molecule has 1 N–H and O–H groups in total. The lowest BCUT2D eigenvalue weighted by atomic mass is 10.2. The topological polar surface area (TPSA) is 56.5 Å². The number of β-amino-alcohol motifs (C(OH)–C–C–N with tert-alkyl or cyclic N) is 1. The molecule has 0 saturated carbocycles. The van der Waals surface area contributed by atoms with E-state index in [4.69, 9.17) is 10.00 Å². The lowest BCUT2D eigenvalue weighted by molar-refractivity contribution is 0.0708. The second kappa shape index (κ2) is 8.15. The molecule has 0 spiro atoms. The Morgan fingerprint density at radius 3 is 3.15 bits per heavy atom. The standard InChI is InChI=1S/C15H20N2O2S/c16-10-13-3-1-4-15(9-13)19-12-14(18)11-17-5-2-7-20-8-6-17/h1,3-4,9,14,18H,2,5-8,11-12H2. The lowest BCUT2D eigenvalue weighted by Gasteiger charge is -2.22. The van der Waals surface area contributed by atoms with Gasteiger partial charge in [0.2, 0.25) is 0 Å². The predicted octanol–water partition coefficient (Wildman–Crippen LogP) is 1.74. The number of aliphatic hydroxyl groups excluding tert-OH is 1. The maximum Gasteiger partial charge on any atom is 0.120 e. The van der Waals surface area contributed by atoms with Gasteiger partial charge in [-0.1, -0.05) is 6.07 Å². The van der Waals surface area contributed by atoms with Gasteiger partial charge in [0.15, 0.2) is 0 Å². The van der Waals surface area contributed by atoms with Gasteiger partial charge in [-0.2, -0.15) is 17.0 Å². The highest BCUT2D eigenvalue weighted by Crippen LogP contribution is 2.14. The normalized spacial score (nSPS) is 18.0. The molecule has 5 heteroatoms. The first-order valence-corrected chi connectivity index (χ1v) is 8.04. The summed E-state index contributed by atoms with van der Waals surface area (Å²) in [5.74, 6) is 2.98. The molecule has 20 heavy (non-hydrogen) atoms. The van der Waals surface area contributed by atoms with Gasteiger partial charge in [0.25, 0.3) is 0 Å². The van der Waals surface area contributed by atoms with Gasteiger partial charge < -0.3 is 9.84 Å². The number of nitriles is 1. The number of ether oxygens (including phenoxy) is 1. The Kier molecular flexibility index (Phi) is 6.19. The van der Waals surface area contributed by atoms with Crippen molar-refractivity contribution in [1.29, 1.82) is 5.26 Å². The Balaban J connectivity index is 1.76. The minimum atomic E-state index is -0.496. The Bertz CT molecular complexity index is 453. The molecule has 0 bridgehead atoms. The largest absolute Gasteiger partial charge is 0.491 e. The van der Waals surface area contributed by atoms with E-state index >= 15 is 0 Å². The summed E-state index contributed by atoms with van der Waals surface area (Å²) in [4.78, 5) is 2.29. The zero-order chi connectivity index (χ0) is 14.2. The van der Waals surface area contributed by atoms with E-state index in [0.717, 1.165) is 18.8 Å². The molecule has 0 amide bonds. The predicted molar refractivity (Wildman–Crippen MR) is 81.0 cm³/mol. The van der Waals surface area contributed by atoms with Crippen LogP contribution in [0.5, 0.6) is 5.75 Å². The van der Waals surface area contributed by atoms with Crippen LogP contribution in [0, 0.1) is 11.3 Å². The fourth-order valence-corrected chi connectivity index (χ4v) is 3.10. The van der Waals surface area contributed by atoms with Crippen molar-refractivity contribution in [2.24, 2.45) is 0 Å². The van der Waals surface area contributed by atoms with Crippen molar-refractivity contribution in [2.45, 2.75) is 12.5 Å². The van der Waals surface area contributed by atoms with Crippen LogP contribution >= 0.6 is 11.8 Å². The van der Waals surface area contributed by atoms with Crippen LogP contribution in [0.4, 0.5) is 0 Å². The van der Waals surface area contributed by atoms with E-state index in [0.29, 0.717) is 17.9 Å². The Morgan fingerprint density at radius 2 is 2.30 bits per heavy atom. The zero-order valence-electron chi connectivity index (χ0n) is 11.5. The van der Waals surface area contributed by atoms with Crippen molar-refractivity contribution in [2.75, 3.05) is 37.7 Å². The maximum absolute atomic E-state index is 10.0. The van der Waals surface area contributed by atoms with Gasteiger partial charge in [0.05, 0.1) is 11.6 Å². The van der Waals surface area contributed by atoms with Gasteiger partial charge in [0, 0.05) is 18.8 Å². The average molecular weight is 292 g/mol. The number of benzene rings is 1. The molecule has 1 aliphatic heterocycles. The minimum absolute atomic E-state index is 0.262. The molecular weight excluding hydrogens is 272 g/mol. The van der Waals surface area contributed by atoms with Gasteiger partial charge in [-0.15, -0.1) is 0 Å². The number of nitrogens with zero attached hydrogens (tertiary/aromatic N) is 2. The molecule has 1 aromatic rings. The second-order valence-electron chi connectivity index (χ2n) is 4.87. The SMILES string of the molecule is N#Cc1cccc(OCC(O)CN2CCCSCC2)c1. The molecule has 0 aliphatic carbocycles. The summed E-state index contributed by atoms with van der Waals surface area (Å²) in [6.45, 7) is 3.00. The summed E-state index contributed by atoms with van der Waals surface area (Å²) in [5, 5.41) is 18.9. The first kappa shape index (κ1) is 15.2. The Morgan fingerprint density at radius 1 is 1.40 bits per heavy atom. The van der Waals surface area contributed by atoms with E-state index in [-0.39, 0.29) is 6.61 Å². The van der Waals surface area contributed by atoms with Gasteiger partial charge in [-0.3, -0.25) is 4.90 Å². The lowest BCUT2D eigenvalue weighted by Crippen LogP contribution is -2.36. The first-order chi connectivity index (χ1) is 9.78. The highest BCUT2D eigenvalue weighted by atomic mass is 32.2. The third-order valence-corrected chi connectivity index (χ3v) is 4.24. The molecule has 1 unspecified atom stereocenters. The van der Waals surface area contributed by atoms with E-state index in [9.17, 15) is 5.11 Å². The summed E-state index contributed by atoms with van der Waals surface area (Å²) in [7, 11) is 0. The molecule has 4 nitrogen and oxygen atoms in total. The van der Waals surface area contributed by atoms with E-state index in [1.807, 2.05) is 11.8 Å². The van der Waals surface area contributed by atoms with Crippen LogP contribution in [0.25, 0.3) is 0 Å². The van der Waals surface area contributed by atoms with Crippen LogP contribution in [0.2, 0.25) is 0 Å². The monoisotopic (exact) mass is 292 g/mol.